The second kappa shape index (κ2) is 8.21. The van der Waals surface area contributed by atoms with Crippen LogP contribution in [0.1, 0.15) is 15.9 Å². The number of sulfone groups is 1. The van der Waals surface area contributed by atoms with Crippen LogP contribution in [0, 0.1) is 11.6 Å². The molecule has 1 saturated heterocycles. The van der Waals surface area contributed by atoms with Gasteiger partial charge in [-0.15, -0.1) is 0 Å². The van der Waals surface area contributed by atoms with Crippen molar-refractivity contribution in [3.05, 3.63) is 83.4 Å². The van der Waals surface area contributed by atoms with E-state index in [4.69, 9.17) is 0 Å². The lowest BCUT2D eigenvalue weighted by Gasteiger charge is -2.21. The Labute approximate surface area is 194 Å². The first-order valence-corrected chi connectivity index (χ1v) is 12.1. The summed E-state index contributed by atoms with van der Waals surface area (Å²) < 4.78 is 54.6. The van der Waals surface area contributed by atoms with Crippen LogP contribution in [-0.2, 0) is 16.3 Å². The summed E-state index contributed by atoms with van der Waals surface area (Å²) in [6.07, 6.45) is 0.340. The lowest BCUT2D eigenvalue weighted by molar-refractivity contribution is 0.0985. The molecule has 0 spiro atoms. The molecule has 0 saturated carbocycles. The van der Waals surface area contributed by atoms with Gasteiger partial charge in [0.05, 0.1) is 17.0 Å². The number of amides is 3. The molecule has 2 aliphatic rings. The highest BCUT2D eigenvalue weighted by atomic mass is 32.2. The maximum absolute atomic E-state index is 14.3. The van der Waals surface area contributed by atoms with Crippen LogP contribution < -0.4 is 15.5 Å². The normalized spacial score (nSPS) is 17.3. The molecule has 2 heterocycles. The third-order valence-electron chi connectivity index (χ3n) is 6.02. The summed E-state index contributed by atoms with van der Waals surface area (Å²) in [5.41, 5.74) is 1.89. The molecule has 5 rings (SSSR count). The molecular weight excluding hydrogens is 464 g/mol. The van der Waals surface area contributed by atoms with Gasteiger partial charge in [-0.25, -0.2) is 22.0 Å². The molecular formula is C24H19F2N3O4S. The minimum atomic E-state index is -3.97. The van der Waals surface area contributed by atoms with Crippen molar-refractivity contribution >= 4 is 27.5 Å². The average Bonchev–Trinajstić information content (AvgIpc) is 3.45. The van der Waals surface area contributed by atoms with Crippen LogP contribution in [0.4, 0.5) is 19.3 Å². The van der Waals surface area contributed by atoms with Gasteiger partial charge in [-0.05, 0) is 41.8 Å². The molecule has 3 aromatic rings. The van der Waals surface area contributed by atoms with Crippen LogP contribution in [0.5, 0.6) is 0 Å². The number of nitrogens with zero attached hydrogens (tertiary/aromatic N) is 1. The third-order valence-corrected chi connectivity index (χ3v) is 8.00. The highest BCUT2D eigenvalue weighted by molar-refractivity contribution is 7.92. The van der Waals surface area contributed by atoms with Gasteiger partial charge in [0.1, 0.15) is 11.6 Å². The van der Waals surface area contributed by atoms with Gasteiger partial charge in [-0.3, -0.25) is 4.79 Å². The van der Waals surface area contributed by atoms with Crippen molar-refractivity contribution < 1.29 is 26.8 Å². The summed E-state index contributed by atoms with van der Waals surface area (Å²) >= 11 is 0. The standard InChI is InChI=1S/C24H19F2N3O4S/c25-15-6-7-16(18(26)12-15)23(30)29-11-10-17-19(29)8-9-20(22(17)14-4-2-1-3-5-14)34(32,33)21-13-27-24(31)28-21/h1-9,12,21H,10-11,13H2,(H2,27,28,31). The summed E-state index contributed by atoms with van der Waals surface area (Å²) in [7, 11) is -3.97. The Morgan fingerprint density at radius 3 is 2.47 bits per heavy atom. The number of carbonyl (C=O) groups is 2. The fourth-order valence-electron chi connectivity index (χ4n) is 4.42. The Balaban J connectivity index is 1.64. The fourth-order valence-corrected chi connectivity index (χ4v) is 6.07. The number of carbonyl (C=O) groups excluding carboxylic acids is 2. The van der Waals surface area contributed by atoms with E-state index in [9.17, 15) is 26.8 Å². The molecule has 174 valence electrons. The summed E-state index contributed by atoms with van der Waals surface area (Å²) in [4.78, 5) is 26.1. The van der Waals surface area contributed by atoms with E-state index in [1.807, 2.05) is 0 Å². The maximum Gasteiger partial charge on any atom is 0.315 e. The molecule has 3 aromatic carbocycles. The Hall–Kier alpha value is -3.79. The lowest BCUT2D eigenvalue weighted by atomic mass is 9.97. The molecule has 1 unspecified atom stereocenters. The largest absolute Gasteiger partial charge is 0.335 e. The molecule has 0 aromatic heterocycles. The van der Waals surface area contributed by atoms with E-state index in [1.165, 1.54) is 17.0 Å². The maximum atomic E-state index is 14.3. The number of halogens is 2. The van der Waals surface area contributed by atoms with Crippen molar-refractivity contribution in [2.24, 2.45) is 0 Å². The molecule has 0 radical (unpaired) electrons. The highest BCUT2D eigenvalue weighted by Crippen LogP contribution is 2.42. The fraction of sp³-hybridized carbons (Fsp3) is 0.167. The van der Waals surface area contributed by atoms with E-state index in [1.54, 1.807) is 30.3 Å². The minimum absolute atomic E-state index is 0.0358. The molecule has 0 aliphatic carbocycles. The topological polar surface area (TPSA) is 95.6 Å². The second-order valence-corrected chi connectivity index (χ2v) is 10.1. The summed E-state index contributed by atoms with van der Waals surface area (Å²) in [6.45, 7) is 0.136. The molecule has 7 nitrogen and oxygen atoms in total. The van der Waals surface area contributed by atoms with Crippen molar-refractivity contribution in [3.8, 4) is 11.1 Å². The lowest BCUT2D eigenvalue weighted by Crippen LogP contribution is -2.35. The van der Waals surface area contributed by atoms with Gasteiger partial charge >= 0.3 is 6.03 Å². The average molecular weight is 483 g/mol. The van der Waals surface area contributed by atoms with Gasteiger partial charge in [0.25, 0.3) is 5.91 Å². The number of rotatable bonds is 4. The van der Waals surface area contributed by atoms with Gasteiger partial charge in [-0.2, -0.15) is 0 Å². The number of hydrogen-bond acceptors (Lipinski definition) is 4. The van der Waals surface area contributed by atoms with Crippen LogP contribution >= 0.6 is 0 Å². The van der Waals surface area contributed by atoms with Gasteiger partial charge in [0, 0.05) is 23.9 Å². The Morgan fingerprint density at radius 1 is 1.03 bits per heavy atom. The van der Waals surface area contributed by atoms with Crippen LogP contribution in [0.25, 0.3) is 11.1 Å². The highest BCUT2D eigenvalue weighted by Gasteiger charge is 2.38. The van der Waals surface area contributed by atoms with Crippen molar-refractivity contribution in [2.45, 2.75) is 16.7 Å². The SMILES string of the molecule is O=C1NCC(S(=O)(=O)c2ccc3c(c2-c2ccccc2)CCN3C(=O)c2ccc(F)cc2F)N1. The zero-order valence-corrected chi connectivity index (χ0v) is 18.5. The van der Waals surface area contributed by atoms with Crippen molar-refractivity contribution in [1.29, 1.82) is 0 Å². The predicted molar refractivity (Wildman–Crippen MR) is 121 cm³/mol. The van der Waals surface area contributed by atoms with Crippen LogP contribution in [-0.4, -0.2) is 38.8 Å². The van der Waals surface area contributed by atoms with E-state index < -0.39 is 38.8 Å². The second-order valence-electron chi connectivity index (χ2n) is 8.02. The minimum Gasteiger partial charge on any atom is -0.335 e. The summed E-state index contributed by atoms with van der Waals surface area (Å²) in [5.74, 6) is -2.39. The first kappa shape index (κ1) is 22.0. The number of urea groups is 1. The van der Waals surface area contributed by atoms with Crippen LogP contribution in [0.3, 0.4) is 0 Å². The van der Waals surface area contributed by atoms with E-state index >= 15 is 0 Å². The van der Waals surface area contributed by atoms with Gasteiger partial charge in [0.2, 0.25) is 9.84 Å². The molecule has 2 aliphatic heterocycles. The zero-order valence-electron chi connectivity index (χ0n) is 17.7. The molecule has 1 atom stereocenters. The first-order valence-electron chi connectivity index (χ1n) is 10.5. The van der Waals surface area contributed by atoms with Gasteiger partial charge < -0.3 is 15.5 Å². The van der Waals surface area contributed by atoms with E-state index in [-0.39, 0.29) is 23.5 Å². The zero-order chi connectivity index (χ0) is 24.0. The number of anilines is 1. The molecule has 0 bridgehead atoms. The Kier molecular flexibility index (Phi) is 5.32. The van der Waals surface area contributed by atoms with Gasteiger partial charge in [-0.1, -0.05) is 30.3 Å². The van der Waals surface area contributed by atoms with Crippen molar-refractivity contribution in [3.63, 3.8) is 0 Å². The smallest absolute Gasteiger partial charge is 0.315 e. The summed E-state index contributed by atoms with van der Waals surface area (Å²) in [6, 6.07) is 14.0. The van der Waals surface area contributed by atoms with Crippen molar-refractivity contribution in [2.75, 3.05) is 18.0 Å². The molecule has 3 amide bonds. The molecule has 2 N–H and O–H groups in total. The number of hydrogen-bond donors (Lipinski definition) is 2. The Morgan fingerprint density at radius 2 is 1.79 bits per heavy atom. The van der Waals surface area contributed by atoms with Crippen molar-refractivity contribution in [1.82, 2.24) is 10.6 Å². The molecule has 10 heteroatoms. The predicted octanol–water partition coefficient (Wildman–Crippen LogP) is 3.25. The van der Waals surface area contributed by atoms with E-state index in [0.717, 1.165) is 12.1 Å². The number of nitrogens with one attached hydrogen (secondary N) is 2. The first-order chi connectivity index (χ1) is 16.3. The molecule has 34 heavy (non-hydrogen) atoms. The quantitative estimate of drug-likeness (QED) is 0.596. The number of benzene rings is 3. The summed E-state index contributed by atoms with van der Waals surface area (Å²) in [5, 5.41) is 3.75. The third kappa shape index (κ3) is 3.60. The Bertz CT molecular complexity index is 1430. The van der Waals surface area contributed by atoms with Crippen LogP contribution in [0.2, 0.25) is 0 Å². The number of fused-ring (bicyclic) bond motifs is 1. The van der Waals surface area contributed by atoms with Gasteiger partial charge in [0.15, 0.2) is 5.37 Å². The molecule has 1 fully saturated rings. The van der Waals surface area contributed by atoms with E-state index in [2.05, 4.69) is 10.6 Å². The van der Waals surface area contributed by atoms with E-state index in [0.29, 0.717) is 34.9 Å². The monoisotopic (exact) mass is 483 g/mol. The van der Waals surface area contributed by atoms with Crippen LogP contribution in [0.15, 0.2) is 65.6 Å².